The van der Waals surface area contributed by atoms with E-state index in [1.54, 1.807) is 0 Å². The average molecular weight is 455 g/mol. The number of fused-ring (bicyclic) bond motifs is 6. The summed E-state index contributed by atoms with van der Waals surface area (Å²) in [5, 5.41) is 0. The molecule has 0 N–H and O–H groups in total. The molecule has 2 saturated heterocycles. The van der Waals surface area contributed by atoms with Crippen molar-refractivity contribution < 1.29 is 4.79 Å². The van der Waals surface area contributed by atoms with Gasteiger partial charge in [-0.05, 0) is 49.8 Å². The van der Waals surface area contributed by atoms with E-state index in [4.69, 9.17) is 9.97 Å². The second-order valence-electron chi connectivity index (χ2n) is 9.67. The summed E-state index contributed by atoms with van der Waals surface area (Å²) in [6, 6.07) is 2.26. The van der Waals surface area contributed by atoms with Crippen LogP contribution in [0.1, 0.15) is 37.4 Å². The van der Waals surface area contributed by atoms with Gasteiger partial charge in [-0.15, -0.1) is 0 Å². The molecule has 2 aromatic rings. The minimum absolute atomic E-state index is 0.190. The minimum Gasteiger partial charge on any atom is -0.352 e. The number of rotatable bonds is 1. The second kappa shape index (κ2) is 8.70. The quantitative estimate of drug-likeness (QED) is 0.649. The van der Waals surface area contributed by atoms with Gasteiger partial charge in [-0.25, -0.2) is 9.78 Å². The lowest BCUT2D eigenvalue weighted by molar-refractivity contribution is 0.159. The van der Waals surface area contributed by atoms with Crippen molar-refractivity contribution in [3.8, 4) is 11.3 Å². The number of nitrogens with zero attached hydrogens (tertiary/aromatic N) is 6. The van der Waals surface area contributed by atoms with E-state index in [0.29, 0.717) is 0 Å². The fourth-order valence-electron chi connectivity index (χ4n) is 5.47. The third kappa shape index (κ3) is 3.89. The van der Waals surface area contributed by atoms with E-state index in [1.807, 2.05) is 28.4 Å². The van der Waals surface area contributed by atoms with E-state index in [1.165, 1.54) is 22.3 Å². The monoisotopic (exact) mass is 454 g/mol. The molecule has 0 radical (unpaired) electrons. The third-order valence-corrected chi connectivity index (χ3v) is 7.29. The molecule has 2 aliphatic heterocycles. The van der Waals surface area contributed by atoms with Crippen LogP contribution in [0.15, 0.2) is 54.0 Å². The first kappa shape index (κ1) is 21.1. The van der Waals surface area contributed by atoms with E-state index < -0.39 is 0 Å². The smallest absolute Gasteiger partial charge is 0.320 e. The molecule has 2 fully saturated rings. The van der Waals surface area contributed by atoms with Crippen LogP contribution in [0.5, 0.6) is 0 Å². The van der Waals surface area contributed by atoms with Gasteiger partial charge < -0.3 is 14.7 Å². The van der Waals surface area contributed by atoms with Crippen LogP contribution in [0.2, 0.25) is 0 Å². The SMILES string of the molecule is CC1=CC=C2CC(=C1)Cc1cnccc1-c1nc(N3CCN(C(=O)N4CCCC4)CC3)cnc12. The molecule has 7 nitrogen and oxygen atoms in total. The molecule has 0 atom stereocenters. The van der Waals surface area contributed by atoms with Gasteiger partial charge in [0.2, 0.25) is 0 Å². The third-order valence-electron chi connectivity index (χ3n) is 7.29. The summed E-state index contributed by atoms with van der Waals surface area (Å²) in [5.41, 5.74) is 8.03. The zero-order chi connectivity index (χ0) is 23.1. The van der Waals surface area contributed by atoms with Crippen molar-refractivity contribution in [1.29, 1.82) is 0 Å². The van der Waals surface area contributed by atoms with Gasteiger partial charge in [0, 0.05) is 57.2 Å². The molecule has 6 rings (SSSR count). The predicted molar refractivity (Wildman–Crippen MR) is 133 cm³/mol. The summed E-state index contributed by atoms with van der Waals surface area (Å²) >= 11 is 0. The molecule has 4 heterocycles. The van der Waals surface area contributed by atoms with Crippen molar-refractivity contribution in [1.82, 2.24) is 24.8 Å². The number of allylic oxidation sites excluding steroid dienone is 6. The van der Waals surface area contributed by atoms with Gasteiger partial charge in [-0.1, -0.05) is 29.4 Å². The van der Waals surface area contributed by atoms with Gasteiger partial charge in [0.1, 0.15) is 5.82 Å². The van der Waals surface area contributed by atoms with E-state index in [-0.39, 0.29) is 6.03 Å². The molecule has 2 amide bonds. The molecule has 0 saturated carbocycles. The number of pyridine rings is 1. The summed E-state index contributed by atoms with van der Waals surface area (Å²) in [6.07, 6.45) is 16.4. The van der Waals surface area contributed by atoms with Gasteiger partial charge >= 0.3 is 6.03 Å². The number of piperazine rings is 1. The summed E-state index contributed by atoms with van der Waals surface area (Å²) in [6.45, 7) is 6.92. The molecule has 2 aromatic heterocycles. The van der Waals surface area contributed by atoms with Crippen LogP contribution >= 0.6 is 0 Å². The Morgan fingerprint density at radius 3 is 2.53 bits per heavy atom. The molecule has 2 bridgehead atoms. The highest BCUT2D eigenvalue weighted by Crippen LogP contribution is 2.38. The normalized spacial score (nSPS) is 19.8. The maximum Gasteiger partial charge on any atom is 0.320 e. The number of aromatic nitrogens is 3. The lowest BCUT2D eigenvalue weighted by Gasteiger charge is -2.37. The zero-order valence-electron chi connectivity index (χ0n) is 19.7. The number of carbonyl (C=O) groups excluding carboxylic acids is 1. The van der Waals surface area contributed by atoms with Crippen LogP contribution in [0.3, 0.4) is 0 Å². The summed E-state index contributed by atoms with van der Waals surface area (Å²) in [4.78, 5) is 33.6. The maximum atomic E-state index is 12.8. The molecule has 4 aliphatic rings. The fourth-order valence-corrected chi connectivity index (χ4v) is 5.47. The highest BCUT2D eigenvalue weighted by atomic mass is 16.2. The Kier molecular flexibility index (Phi) is 5.40. The van der Waals surface area contributed by atoms with Crippen molar-refractivity contribution in [2.45, 2.75) is 32.6 Å². The van der Waals surface area contributed by atoms with Crippen LogP contribution in [-0.2, 0) is 6.42 Å². The molecule has 2 aliphatic carbocycles. The van der Waals surface area contributed by atoms with Crippen molar-refractivity contribution in [3.63, 3.8) is 0 Å². The van der Waals surface area contributed by atoms with Gasteiger partial charge in [0.25, 0.3) is 0 Å². The summed E-state index contributed by atoms with van der Waals surface area (Å²) < 4.78 is 0. The first-order valence-electron chi connectivity index (χ1n) is 12.3. The fraction of sp³-hybridized carbons (Fsp3) is 0.407. The first-order valence-corrected chi connectivity index (χ1v) is 12.3. The standard InChI is InChI=1S/C27H30N6O/c1-19-4-5-21-15-20(14-19)16-22-17-28-7-6-23(22)26-25(21)29-18-24(30-26)31-10-12-33(13-11-31)27(34)32-8-2-3-9-32/h4-7,14,17-18H,2-3,8-13,15-16H2,1H3. The molecular weight excluding hydrogens is 424 g/mol. The van der Waals surface area contributed by atoms with Crippen LogP contribution in [0.25, 0.3) is 16.8 Å². The number of hydrogen-bond donors (Lipinski definition) is 0. The average Bonchev–Trinajstić information content (AvgIpc) is 3.33. The molecule has 0 spiro atoms. The first-order chi connectivity index (χ1) is 16.7. The second-order valence-corrected chi connectivity index (χ2v) is 9.67. The Labute approximate surface area is 200 Å². The topological polar surface area (TPSA) is 65.5 Å². The van der Waals surface area contributed by atoms with Crippen LogP contribution < -0.4 is 4.90 Å². The Hall–Kier alpha value is -3.48. The summed E-state index contributed by atoms with van der Waals surface area (Å²) in [7, 11) is 0. The molecule has 0 unspecified atom stereocenters. The van der Waals surface area contributed by atoms with E-state index in [9.17, 15) is 4.79 Å². The van der Waals surface area contributed by atoms with Gasteiger partial charge in [-0.2, -0.15) is 0 Å². The van der Waals surface area contributed by atoms with Gasteiger partial charge in [0.05, 0.1) is 17.6 Å². The molecule has 34 heavy (non-hydrogen) atoms. The number of amides is 2. The lowest BCUT2D eigenvalue weighted by Crippen LogP contribution is -2.52. The highest BCUT2D eigenvalue weighted by molar-refractivity contribution is 5.82. The van der Waals surface area contributed by atoms with Gasteiger partial charge in [-0.3, -0.25) is 9.97 Å². The lowest BCUT2D eigenvalue weighted by atomic mass is 9.89. The Morgan fingerprint density at radius 2 is 1.71 bits per heavy atom. The van der Waals surface area contributed by atoms with E-state index in [2.05, 4.69) is 41.1 Å². The number of carbonyl (C=O) groups is 1. The molecular formula is C27H30N6O. The number of urea groups is 1. The Balaban J connectivity index is 1.31. The van der Waals surface area contributed by atoms with Crippen molar-refractivity contribution in [2.24, 2.45) is 0 Å². The highest BCUT2D eigenvalue weighted by Gasteiger charge is 2.28. The predicted octanol–water partition coefficient (Wildman–Crippen LogP) is 4.09. The van der Waals surface area contributed by atoms with Gasteiger partial charge in [0.15, 0.2) is 0 Å². The number of anilines is 1. The Bertz CT molecular complexity index is 1220. The van der Waals surface area contributed by atoms with Crippen LogP contribution in [0.4, 0.5) is 10.6 Å². The zero-order valence-corrected chi connectivity index (χ0v) is 19.7. The van der Waals surface area contributed by atoms with E-state index >= 15 is 0 Å². The molecule has 0 aromatic carbocycles. The molecule has 174 valence electrons. The van der Waals surface area contributed by atoms with Crippen molar-refractivity contribution >= 4 is 17.4 Å². The largest absolute Gasteiger partial charge is 0.352 e. The minimum atomic E-state index is 0.190. The Morgan fingerprint density at radius 1 is 0.912 bits per heavy atom. The van der Waals surface area contributed by atoms with E-state index in [0.717, 1.165) is 87.7 Å². The maximum absolute atomic E-state index is 12.8. The van der Waals surface area contributed by atoms with Crippen LogP contribution in [-0.4, -0.2) is 70.1 Å². The van der Waals surface area contributed by atoms with Crippen molar-refractivity contribution in [3.05, 3.63) is 65.3 Å². The van der Waals surface area contributed by atoms with Crippen molar-refractivity contribution in [2.75, 3.05) is 44.2 Å². The number of hydrogen-bond acceptors (Lipinski definition) is 5. The molecule has 7 heteroatoms. The van der Waals surface area contributed by atoms with Crippen LogP contribution in [0, 0.1) is 0 Å². The summed E-state index contributed by atoms with van der Waals surface area (Å²) in [5.74, 6) is 0.882. The number of likely N-dealkylation sites (tertiary alicyclic amines) is 1.